The van der Waals surface area contributed by atoms with Crippen LogP contribution in [0.15, 0.2) is 0 Å². The smallest absolute Gasteiger partial charge is 0.0146 e. The average molecular weight is 109 g/mol. The zero-order valence-corrected chi connectivity index (χ0v) is 5.70. The third kappa shape index (κ3) is 5.56. The minimum atomic E-state index is 0.515. The number of rotatable bonds is 1. The van der Waals surface area contributed by atoms with E-state index in [1.165, 1.54) is 0 Å². The van der Waals surface area contributed by atoms with E-state index in [0.29, 0.717) is 5.92 Å². The Balaban J connectivity index is 3.20. The maximum absolute atomic E-state index is 3.68. The van der Waals surface area contributed by atoms with Crippen LogP contribution in [0.25, 0.3) is 0 Å². The maximum atomic E-state index is 3.68. The van der Waals surface area contributed by atoms with Crippen molar-refractivity contribution in [1.29, 1.82) is 0 Å². The van der Waals surface area contributed by atoms with Gasteiger partial charge in [0.05, 0.1) is 0 Å². The number of hydrogen-bond donors (Lipinski definition) is 0. The summed E-state index contributed by atoms with van der Waals surface area (Å²) in [5.74, 6) is 6.59. The van der Waals surface area contributed by atoms with Gasteiger partial charge in [0.15, 0.2) is 0 Å². The lowest BCUT2D eigenvalue weighted by atomic mass is 10.2. The summed E-state index contributed by atoms with van der Waals surface area (Å²) in [5, 5.41) is 0. The van der Waals surface area contributed by atoms with Crippen LogP contribution in [0.1, 0.15) is 26.7 Å². The molecule has 45 valence electrons. The lowest BCUT2D eigenvalue weighted by molar-refractivity contribution is 0.863. The molecule has 0 spiro atoms. The first-order valence-corrected chi connectivity index (χ1v) is 3.05. The van der Waals surface area contributed by atoms with Crippen LogP contribution < -0.4 is 0 Å². The van der Waals surface area contributed by atoms with Crippen LogP contribution in [-0.2, 0) is 0 Å². The van der Waals surface area contributed by atoms with Crippen LogP contribution in [0.4, 0.5) is 0 Å². The summed E-state index contributed by atoms with van der Waals surface area (Å²) < 4.78 is 0. The van der Waals surface area contributed by atoms with Gasteiger partial charge in [0.1, 0.15) is 0 Å². The fraction of sp³-hybridized carbons (Fsp3) is 0.625. The molecule has 0 nitrogen and oxygen atoms in total. The summed E-state index contributed by atoms with van der Waals surface area (Å²) in [7, 11) is 0. The Morgan fingerprint density at radius 3 is 2.50 bits per heavy atom. The fourth-order valence-electron chi connectivity index (χ4n) is 0.365. The van der Waals surface area contributed by atoms with Crippen molar-refractivity contribution >= 4 is 0 Å². The van der Waals surface area contributed by atoms with Crippen LogP contribution in [0.5, 0.6) is 0 Å². The summed E-state index contributed by atoms with van der Waals surface area (Å²) in [5.41, 5.74) is 0. The average Bonchev–Trinajstić information content (AvgIpc) is 1.66. The first kappa shape index (κ1) is 7.56. The van der Waals surface area contributed by atoms with E-state index >= 15 is 0 Å². The van der Waals surface area contributed by atoms with E-state index in [-0.39, 0.29) is 0 Å². The summed E-state index contributed by atoms with van der Waals surface area (Å²) in [6.07, 6.45) is 1.87. The zero-order chi connectivity index (χ0) is 6.41. The molecule has 0 rings (SSSR count). The molecule has 0 aromatic carbocycles. The Kier molecular flexibility index (Phi) is 4.45. The highest BCUT2D eigenvalue weighted by molar-refractivity contribution is 5.00. The Bertz CT molecular complexity index is 90.3. The predicted molar refractivity (Wildman–Crippen MR) is 37.2 cm³/mol. The monoisotopic (exact) mass is 109 g/mol. The van der Waals surface area contributed by atoms with Gasteiger partial charge in [0.2, 0.25) is 0 Å². The van der Waals surface area contributed by atoms with Crippen molar-refractivity contribution in [1.82, 2.24) is 0 Å². The highest BCUT2D eigenvalue weighted by Gasteiger charge is 1.78. The SMILES string of the molecule is [CH2]CCC#CC(C)C. The molecule has 0 aliphatic rings. The van der Waals surface area contributed by atoms with Gasteiger partial charge in [0, 0.05) is 12.3 Å². The van der Waals surface area contributed by atoms with Gasteiger partial charge in [-0.3, -0.25) is 0 Å². The van der Waals surface area contributed by atoms with Crippen molar-refractivity contribution in [3.63, 3.8) is 0 Å². The van der Waals surface area contributed by atoms with Crippen molar-refractivity contribution in [2.24, 2.45) is 5.92 Å². The van der Waals surface area contributed by atoms with Crippen LogP contribution in [0, 0.1) is 24.7 Å². The first-order chi connectivity index (χ1) is 3.77. The molecule has 0 heterocycles. The van der Waals surface area contributed by atoms with E-state index in [4.69, 9.17) is 0 Å². The highest BCUT2D eigenvalue weighted by atomic mass is 13.8. The Hall–Kier alpha value is -0.440. The van der Waals surface area contributed by atoms with E-state index in [2.05, 4.69) is 32.6 Å². The topological polar surface area (TPSA) is 0 Å². The zero-order valence-electron chi connectivity index (χ0n) is 5.70. The summed E-state index contributed by atoms with van der Waals surface area (Å²) in [6, 6.07) is 0. The van der Waals surface area contributed by atoms with E-state index in [9.17, 15) is 0 Å². The van der Waals surface area contributed by atoms with E-state index in [1.807, 2.05) is 0 Å². The van der Waals surface area contributed by atoms with Crippen LogP contribution in [0.3, 0.4) is 0 Å². The fourth-order valence-corrected chi connectivity index (χ4v) is 0.365. The normalized spacial score (nSPS) is 8.50. The maximum Gasteiger partial charge on any atom is 0.0146 e. The third-order valence-corrected chi connectivity index (χ3v) is 0.693. The van der Waals surface area contributed by atoms with Crippen molar-refractivity contribution < 1.29 is 0 Å². The molecule has 0 aliphatic heterocycles. The minimum absolute atomic E-state index is 0.515. The molecular weight excluding hydrogens is 96.1 g/mol. The van der Waals surface area contributed by atoms with E-state index in [0.717, 1.165) is 12.8 Å². The highest BCUT2D eigenvalue weighted by Crippen LogP contribution is 1.87. The van der Waals surface area contributed by atoms with Crippen LogP contribution in [-0.4, -0.2) is 0 Å². The largest absolute Gasteiger partial charge is 0.103 e. The molecule has 0 fully saturated rings. The molecule has 0 N–H and O–H groups in total. The minimum Gasteiger partial charge on any atom is -0.103 e. The quantitative estimate of drug-likeness (QED) is 0.453. The molecule has 0 bridgehead atoms. The van der Waals surface area contributed by atoms with Gasteiger partial charge in [-0.05, 0) is 6.42 Å². The van der Waals surface area contributed by atoms with Crippen molar-refractivity contribution in [2.75, 3.05) is 0 Å². The molecule has 0 heteroatoms. The Labute approximate surface area is 52.3 Å². The van der Waals surface area contributed by atoms with Gasteiger partial charge >= 0.3 is 0 Å². The van der Waals surface area contributed by atoms with E-state index < -0.39 is 0 Å². The van der Waals surface area contributed by atoms with Gasteiger partial charge in [-0.1, -0.05) is 20.8 Å². The third-order valence-electron chi connectivity index (χ3n) is 0.693. The van der Waals surface area contributed by atoms with Gasteiger partial charge in [-0.2, -0.15) is 0 Å². The Morgan fingerprint density at radius 1 is 1.50 bits per heavy atom. The molecule has 8 heavy (non-hydrogen) atoms. The summed E-state index contributed by atoms with van der Waals surface area (Å²) in [6.45, 7) is 7.87. The molecule has 0 amide bonds. The second-order valence-corrected chi connectivity index (χ2v) is 2.08. The van der Waals surface area contributed by atoms with Crippen LogP contribution >= 0.6 is 0 Å². The van der Waals surface area contributed by atoms with Crippen LogP contribution in [0.2, 0.25) is 0 Å². The summed E-state index contributed by atoms with van der Waals surface area (Å²) >= 11 is 0. The molecule has 1 radical (unpaired) electrons. The second kappa shape index (κ2) is 4.71. The van der Waals surface area contributed by atoms with Gasteiger partial charge in [-0.25, -0.2) is 0 Å². The molecule has 0 aliphatic carbocycles. The first-order valence-electron chi connectivity index (χ1n) is 3.05. The van der Waals surface area contributed by atoms with Gasteiger partial charge in [0.25, 0.3) is 0 Å². The standard InChI is InChI=1S/C8H13/c1-4-5-6-7-8(2)3/h8H,1,4-5H2,2-3H3. The molecule has 0 aromatic heterocycles. The van der Waals surface area contributed by atoms with Crippen molar-refractivity contribution in [3.05, 3.63) is 6.92 Å². The molecule has 0 saturated carbocycles. The van der Waals surface area contributed by atoms with Crippen molar-refractivity contribution in [2.45, 2.75) is 26.7 Å². The lowest BCUT2D eigenvalue weighted by Gasteiger charge is -1.85. The summed E-state index contributed by atoms with van der Waals surface area (Å²) in [4.78, 5) is 0. The number of hydrogen-bond acceptors (Lipinski definition) is 0. The Morgan fingerprint density at radius 2 is 2.12 bits per heavy atom. The second-order valence-electron chi connectivity index (χ2n) is 2.08. The molecule has 0 unspecified atom stereocenters. The molecular formula is C8H13. The lowest BCUT2D eigenvalue weighted by Crippen LogP contribution is -1.76. The van der Waals surface area contributed by atoms with E-state index in [1.54, 1.807) is 0 Å². The van der Waals surface area contributed by atoms with Crippen molar-refractivity contribution in [3.8, 4) is 11.8 Å². The number of unbranched alkanes of at least 4 members (excludes halogenated alkanes) is 1. The molecule has 0 saturated heterocycles. The molecule has 0 aromatic rings. The molecule has 0 atom stereocenters. The predicted octanol–water partition coefficient (Wildman–Crippen LogP) is 2.26. The van der Waals surface area contributed by atoms with Gasteiger partial charge < -0.3 is 0 Å². The van der Waals surface area contributed by atoms with Gasteiger partial charge in [-0.15, -0.1) is 11.8 Å².